The van der Waals surface area contributed by atoms with E-state index in [0.717, 1.165) is 84.7 Å². The van der Waals surface area contributed by atoms with E-state index >= 15 is 0 Å². The lowest BCUT2D eigenvalue weighted by atomic mass is 9.99. The fourth-order valence-corrected chi connectivity index (χ4v) is 11.7. The molecule has 0 aromatic heterocycles. The SMILES string of the molecule is C=C1CC(=O)C2(C1)C(C)C2C.C=C1CCC2(O1)C(C)C2C.C=C1CCC2(O1)C(C)C2C.CC1C(C)C12CC(=O)CO2.CC1C(C)C12CCC(=O)C2.F.F.F.FF.FF.FF.FF.FF.FF. The Morgan fingerprint density at radius 3 is 0.909 bits per heavy atom. The fourth-order valence-electron chi connectivity index (χ4n) is 11.7. The van der Waals surface area contributed by atoms with Gasteiger partial charge in [0.25, 0.3) is 0 Å². The summed E-state index contributed by atoms with van der Waals surface area (Å²) in [5.74, 6) is 10.3. The van der Waals surface area contributed by atoms with Crippen molar-refractivity contribution in [1.29, 1.82) is 0 Å². The third-order valence-electron chi connectivity index (χ3n) is 17.4. The number of carbonyl (C=O) groups is 3. The highest BCUT2D eigenvalue weighted by molar-refractivity contribution is 5.93. The summed E-state index contributed by atoms with van der Waals surface area (Å²) in [6.45, 7) is 34.2. The van der Waals surface area contributed by atoms with Crippen molar-refractivity contribution < 1.29 is 97.6 Å². The lowest BCUT2D eigenvalue weighted by Crippen LogP contribution is -2.10. The number of ketones is 3. The number of allylic oxidation sites excluding steroid dienone is 3. The predicted molar refractivity (Wildman–Crippen MR) is 222 cm³/mol. The lowest BCUT2D eigenvalue weighted by Gasteiger charge is -2.08. The van der Waals surface area contributed by atoms with E-state index in [4.69, 9.17) is 69.1 Å². The largest absolute Gasteiger partial charge is 0.492 e. The normalized spacial score (nSPS) is 40.2. The molecule has 0 N–H and O–H groups in total. The molecule has 0 bridgehead atoms. The van der Waals surface area contributed by atoms with Crippen molar-refractivity contribution in [2.45, 2.75) is 150 Å². The summed E-state index contributed by atoms with van der Waals surface area (Å²) in [5.41, 5.74) is 2.13. The molecule has 10 atom stereocenters. The van der Waals surface area contributed by atoms with Crippen LogP contribution in [-0.2, 0) is 28.6 Å². The average Bonchev–Trinajstić information content (AvgIpc) is 4.00. The number of ether oxygens (including phenoxy) is 3. The highest BCUT2D eigenvalue weighted by Gasteiger charge is 2.67. The maximum absolute atomic E-state index is 11.5. The van der Waals surface area contributed by atoms with Crippen LogP contribution in [0.1, 0.15) is 133 Å². The Labute approximate surface area is 378 Å². The maximum atomic E-state index is 11.5. The van der Waals surface area contributed by atoms with Crippen LogP contribution in [-0.4, -0.2) is 40.8 Å². The molecular weight excluding hydrogens is 921 g/mol. The van der Waals surface area contributed by atoms with E-state index in [1.807, 2.05) is 0 Å². The Bertz CT molecular complexity index is 1330. The molecule has 10 rings (SSSR count). The Balaban J connectivity index is -0.000000340. The molecule has 3 heterocycles. The topological polar surface area (TPSA) is 78.9 Å². The first-order chi connectivity index (χ1) is 29.8. The van der Waals surface area contributed by atoms with Crippen LogP contribution in [0.4, 0.5) is 69.0 Å². The maximum Gasteiger partial charge on any atom is 0.161 e. The fraction of sp³-hybridized carbons (Fsp3) is 0.800. The second-order valence-electron chi connectivity index (χ2n) is 19.1. The van der Waals surface area contributed by atoms with Crippen molar-refractivity contribution in [2.24, 2.45) is 70.0 Å². The second kappa shape index (κ2) is 28.9. The lowest BCUT2D eigenvalue weighted by molar-refractivity contribution is -0.122. The summed E-state index contributed by atoms with van der Waals surface area (Å²) < 4.78 is 113. The summed E-state index contributed by atoms with van der Waals surface area (Å²) in [7, 11) is 0. The number of Topliss-reactive ketones (excluding diaryl/α,β-unsaturated/α-hetero) is 3. The van der Waals surface area contributed by atoms with Gasteiger partial charge in [0.05, 0.1) is 17.1 Å². The average molecular weight is 993 g/mol. The molecule has 7 saturated carbocycles. The molecule has 392 valence electrons. The monoisotopic (exact) mass is 993 g/mol. The van der Waals surface area contributed by atoms with Crippen LogP contribution >= 0.6 is 0 Å². The van der Waals surface area contributed by atoms with Crippen molar-refractivity contribution in [1.82, 2.24) is 0 Å². The molecular formula is C45H71F15O6. The smallest absolute Gasteiger partial charge is 0.161 e. The highest BCUT2D eigenvalue weighted by Crippen LogP contribution is 2.67. The first-order valence-corrected chi connectivity index (χ1v) is 21.2. The molecule has 7 aliphatic carbocycles. The summed E-state index contributed by atoms with van der Waals surface area (Å²) >= 11 is 0. The standard InChI is InChI=1S/C10H14O.3C9H14O.C8H12O2.6F2.3FH/c1-6-4-9(11)10(5-6)7(2)8(10)3;2*1-6-4-5-9(10-6)7(2)8(9)3;1-6-7(2)9(6)4-3-8(10)5-9;1-5-6(2)8(5)3-7(9)4-10-8;6*1-2;;;/h7-8H,1,4-5H2,2-3H3;2*7-8H,1,4-5H2,2-3H3;6-7H,3-5H2,1-2H3;5-6H,3-4H2,1-2H3;;;;;;;3*1H. The zero-order valence-corrected chi connectivity index (χ0v) is 39.4. The van der Waals surface area contributed by atoms with Crippen LogP contribution in [0, 0.1) is 70.0 Å². The van der Waals surface area contributed by atoms with Gasteiger partial charge in [0.2, 0.25) is 0 Å². The molecule has 3 saturated heterocycles. The highest BCUT2D eigenvalue weighted by atomic mass is 20.0. The quantitative estimate of drug-likeness (QED) is 0.178. The molecule has 21 heteroatoms. The summed E-state index contributed by atoms with van der Waals surface area (Å²) in [6, 6.07) is 0. The number of rotatable bonds is 0. The zero-order valence-electron chi connectivity index (χ0n) is 39.4. The third kappa shape index (κ3) is 13.7. The van der Waals surface area contributed by atoms with E-state index in [-0.39, 0.29) is 42.1 Å². The van der Waals surface area contributed by atoms with E-state index in [1.54, 1.807) is 0 Å². The summed E-state index contributed by atoms with van der Waals surface area (Å²) in [5, 5.41) is 0. The van der Waals surface area contributed by atoms with E-state index < -0.39 is 0 Å². The Morgan fingerprint density at radius 2 is 0.788 bits per heavy atom. The van der Waals surface area contributed by atoms with Crippen LogP contribution in [0.25, 0.3) is 0 Å². The van der Waals surface area contributed by atoms with Gasteiger partial charge in [-0.2, -0.15) is 0 Å². The number of hydrogen-bond donors (Lipinski definition) is 0. The molecule has 0 aromatic rings. The molecule has 10 fully saturated rings. The van der Waals surface area contributed by atoms with Crippen molar-refractivity contribution >= 4 is 17.3 Å². The minimum atomic E-state index is -0.0168. The minimum Gasteiger partial charge on any atom is -0.492 e. The van der Waals surface area contributed by atoms with E-state index in [2.05, 4.69) is 89.0 Å². The molecule has 10 unspecified atom stereocenters. The van der Waals surface area contributed by atoms with Gasteiger partial charge in [0.1, 0.15) is 29.4 Å². The molecule has 0 radical (unpaired) electrons. The van der Waals surface area contributed by atoms with Gasteiger partial charge in [-0.05, 0) is 66.6 Å². The van der Waals surface area contributed by atoms with Crippen molar-refractivity contribution in [2.75, 3.05) is 6.61 Å². The van der Waals surface area contributed by atoms with Gasteiger partial charge in [0, 0.05) is 123 Å². The van der Waals surface area contributed by atoms with Crippen molar-refractivity contribution in [3.63, 3.8) is 0 Å². The van der Waals surface area contributed by atoms with Crippen LogP contribution in [0.15, 0.2) is 36.8 Å². The van der Waals surface area contributed by atoms with Gasteiger partial charge in [-0.25, -0.2) is 0 Å². The Kier molecular flexibility index (Phi) is 30.4. The molecule has 0 aromatic carbocycles. The van der Waals surface area contributed by atoms with E-state index in [9.17, 15) is 14.4 Å². The van der Waals surface area contributed by atoms with Gasteiger partial charge < -0.3 is 14.2 Å². The minimum absolute atomic E-state index is 0. The molecule has 5 spiro atoms. The van der Waals surface area contributed by atoms with Crippen LogP contribution in [0.5, 0.6) is 0 Å². The second-order valence-corrected chi connectivity index (χ2v) is 19.1. The molecule has 0 amide bonds. The van der Waals surface area contributed by atoms with Crippen molar-refractivity contribution in [3.8, 4) is 0 Å². The zero-order chi connectivity index (χ0) is 49.6. The van der Waals surface area contributed by atoms with Gasteiger partial charge in [-0.1, -0.05) is 94.5 Å². The molecule has 3 aliphatic heterocycles. The Morgan fingerprint density at radius 1 is 0.439 bits per heavy atom. The molecule has 6 nitrogen and oxygen atoms in total. The molecule has 10 aliphatic rings. The van der Waals surface area contributed by atoms with Gasteiger partial charge >= 0.3 is 0 Å². The van der Waals surface area contributed by atoms with Crippen LogP contribution in [0.3, 0.4) is 0 Å². The van der Waals surface area contributed by atoms with Gasteiger partial charge in [-0.3, -0.25) is 28.5 Å². The Hall–Kier alpha value is -3.26. The predicted octanol–water partition coefficient (Wildman–Crippen LogP) is 15.4. The van der Waals surface area contributed by atoms with Crippen LogP contribution in [0.2, 0.25) is 0 Å². The number of carbonyl (C=O) groups excluding carboxylic acids is 3. The summed E-state index contributed by atoms with van der Waals surface area (Å²) in [4.78, 5) is 33.4. The van der Waals surface area contributed by atoms with E-state index in [1.165, 1.54) is 19.3 Å². The summed E-state index contributed by atoms with van der Waals surface area (Å²) in [6.07, 6.45) is 9.75. The van der Waals surface area contributed by atoms with Crippen molar-refractivity contribution in [3.05, 3.63) is 36.8 Å². The van der Waals surface area contributed by atoms with Gasteiger partial charge in [-0.15, -0.1) is 0 Å². The van der Waals surface area contributed by atoms with Crippen LogP contribution < -0.4 is 0 Å². The first-order valence-electron chi connectivity index (χ1n) is 21.2. The molecule has 66 heavy (non-hydrogen) atoms. The third-order valence-corrected chi connectivity index (χ3v) is 17.4. The van der Waals surface area contributed by atoms with E-state index in [0.29, 0.717) is 60.1 Å². The first kappa shape index (κ1) is 69.3. The number of halogens is 15. The number of hydrogen-bond acceptors (Lipinski definition) is 6. The van der Waals surface area contributed by atoms with Gasteiger partial charge in [0.15, 0.2) is 5.78 Å².